The number of aromatic nitrogens is 7. The van der Waals surface area contributed by atoms with E-state index < -0.39 is 5.26 Å². The van der Waals surface area contributed by atoms with Crippen molar-refractivity contribution in [3.05, 3.63) is 55.9 Å². The lowest BCUT2D eigenvalue weighted by molar-refractivity contribution is 0.591. The van der Waals surface area contributed by atoms with E-state index in [1.807, 2.05) is 13.1 Å². The number of thiazole rings is 2. The van der Waals surface area contributed by atoms with E-state index in [0.717, 1.165) is 37.8 Å². The number of aryl methyl sites for hydroxylation is 1. The molecule has 1 N–H and O–H groups in total. The number of halogens is 1. The molecule has 27 heavy (non-hydrogen) atoms. The molecule has 5 rings (SSSR count). The molecule has 0 aliphatic heterocycles. The SMILES string of the molecule is Cn1c2nc(Cc3ccn[nH]3)sc2c2cnn(Cc3csc(F)n3)c(=O)c21. The number of fused-ring (bicyclic) bond motifs is 3. The summed E-state index contributed by atoms with van der Waals surface area (Å²) in [6, 6.07) is 1.91. The van der Waals surface area contributed by atoms with Gasteiger partial charge in [0.1, 0.15) is 10.5 Å². The van der Waals surface area contributed by atoms with Gasteiger partial charge in [0.15, 0.2) is 5.65 Å². The lowest BCUT2D eigenvalue weighted by Gasteiger charge is -2.03. The van der Waals surface area contributed by atoms with Gasteiger partial charge in [-0.2, -0.15) is 14.6 Å². The van der Waals surface area contributed by atoms with Crippen molar-refractivity contribution in [1.82, 2.24) is 34.5 Å². The van der Waals surface area contributed by atoms with Crippen molar-refractivity contribution >= 4 is 43.9 Å². The molecule has 0 spiro atoms. The van der Waals surface area contributed by atoms with Crippen LogP contribution in [-0.2, 0) is 20.0 Å². The van der Waals surface area contributed by atoms with Gasteiger partial charge in [0.05, 0.1) is 23.1 Å². The topological polar surface area (TPSA) is 94.3 Å². The number of rotatable bonds is 4. The molecule has 0 aliphatic rings. The van der Waals surface area contributed by atoms with Crippen molar-refractivity contribution in [2.45, 2.75) is 13.0 Å². The van der Waals surface area contributed by atoms with Crippen molar-refractivity contribution in [2.75, 3.05) is 0 Å². The van der Waals surface area contributed by atoms with Crippen molar-refractivity contribution < 1.29 is 4.39 Å². The highest BCUT2D eigenvalue weighted by atomic mass is 32.1. The first-order valence-electron chi connectivity index (χ1n) is 8.02. The minimum absolute atomic E-state index is 0.131. The average molecular weight is 401 g/mol. The van der Waals surface area contributed by atoms with Crippen LogP contribution in [0.25, 0.3) is 21.3 Å². The van der Waals surface area contributed by atoms with E-state index in [1.54, 1.807) is 22.3 Å². The van der Waals surface area contributed by atoms with Crippen LogP contribution in [-0.4, -0.2) is 34.5 Å². The minimum Gasteiger partial charge on any atom is -0.323 e. The molecule has 0 aliphatic carbocycles. The normalized spacial score (nSPS) is 11.8. The van der Waals surface area contributed by atoms with Gasteiger partial charge in [-0.05, 0) is 6.07 Å². The minimum atomic E-state index is -0.521. The van der Waals surface area contributed by atoms with Crippen molar-refractivity contribution in [3.8, 4) is 0 Å². The van der Waals surface area contributed by atoms with Gasteiger partial charge < -0.3 is 4.57 Å². The Balaban J connectivity index is 1.60. The fourth-order valence-electron chi connectivity index (χ4n) is 3.08. The average Bonchev–Trinajstić information content (AvgIpc) is 3.40. The Morgan fingerprint density at radius 2 is 2.22 bits per heavy atom. The van der Waals surface area contributed by atoms with Gasteiger partial charge in [0.2, 0.25) is 0 Å². The Morgan fingerprint density at radius 1 is 1.33 bits per heavy atom. The summed E-state index contributed by atoms with van der Waals surface area (Å²) < 4.78 is 17.1. The van der Waals surface area contributed by atoms with Crippen molar-refractivity contribution in [3.63, 3.8) is 0 Å². The number of nitrogens with zero attached hydrogens (tertiary/aromatic N) is 6. The second kappa shape index (κ2) is 6.06. The fourth-order valence-corrected chi connectivity index (χ4v) is 4.73. The smallest absolute Gasteiger partial charge is 0.291 e. The molecule has 11 heteroatoms. The first-order valence-corrected chi connectivity index (χ1v) is 9.72. The van der Waals surface area contributed by atoms with E-state index >= 15 is 0 Å². The van der Waals surface area contributed by atoms with Gasteiger partial charge in [-0.3, -0.25) is 9.89 Å². The molecule has 8 nitrogen and oxygen atoms in total. The Hall–Kier alpha value is -2.92. The molecule has 0 bridgehead atoms. The highest BCUT2D eigenvalue weighted by Crippen LogP contribution is 2.31. The zero-order valence-corrected chi connectivity index (χ0v) is 15.6. The maximum Gasteiger partial charge on any atom is 0.291 e. The van der Waals surface area contributed by atoms with Crippen LogP contribution >= 0.6 is 22.7 Å². The predicted octanol–water partition coefficient (Wildman–Crippen LogP) is 2.30. The van der Waals surface area contributed by atoms with Crippen molar-refractivity contribution in [2.24, 2.45) is 7.05 Å². The van der Waals surface area contributed by atoms with Gasteiger partial charge in [-0.15, -0.1) is 11.3 Å². The quantitative estimate of drug-likeness (QED) is 0.499. The zero-order chi connectivity index (χ0) is 18.5. The maximum absolute atomic E-state index is 13.1. The summed E-state index contributed by atoms with van der Waals surface area (Å²) in [4.78, 5) is 21.3. The molecule has 5 aromatic rings. The van der Waals surface area contributed by atoms with Crippen LogP contribution in [0.5, 0.6) is 0 Å². The molecule has 0 aromatic carbocycles. The Labute approximate surface area is 158 Å². The van der Waals surface area contributed by atoms with Gasteiger partial charge in [-0.25, -0.2) is 14.6 Å². The molecule has 0 atom stereocenters. The van der Waals surface area contributed by atoms with E-state index in [2.05, 4.69) is 25.3 Å². The standard InChI is InChI=1S/C16H12FN7OS2/c1-23-12-10(5-19-24(15(12)25)6-9-7-26-16(17)20-9)13-14(23)21-11(27-13)4-8-2-3-18-22-8/h2-3,5,7H,4,6H2,1H3,(H,18,22). The Morgan fingerprint density at radius 3 is 2.96 bits per heavy atom. The summed E-state index contributed by atoms with van der Waals surface area (Å²) in [6.07, 6.45) is 4.03. The van der Waals surface area contributed by atoms with E-state index in [0.29, 0.717) is 17.6 Å². The summed E-state index contributed by atoms with van der Waals surface area (Å²) in [6.45, 7) is 0.131. The largest absolute Gasteiger partial charge is 0.323 e. The number of hydrogen-bond acceptors (Lipinski definition) is 7. The summed E-state index contributed by atoms with van der Waals surface area (Å²) in [5.41, 5.74) is 2.49. The van der Waals surface area contributed by atoms with Crippen LogP contribution in [0.15, 0.2) is 28.6 Å². The molecule has 0 saturated heterocycles. The van der Waals surface area contributed by atoms with Gasteiger partial charge >= 0.3 is 0 Å². The lowest BCUT2D eigenvalue weighted by Crippen LogP contribution is -2.24. The van der Waals surface area contributed by atoms with Crippen LogP contribution in [0, 0.1) is 5.26 Å². The van der Waals surface area contributed by atoms with Crippen LogP contribution in [0.4, 0.5) is 4.39 Å². The first-order chi connectivity index (χ1) is 13.1. The van der Waals surface area contributed by atoms with E-state index in [4.69, 9.17) is 0 Å². The predicted molar refractivity (Wildman–Crippen MR) is 101 cm³/mol. The highest BCUT2D eigenvalue weighted by Gasteiger charge is 2.18. The van der Waals surface area contributed by atoms with E-state index in [9.17, 15) is 9.18 Å². The number of aromatic amines is 1. The molecule has 0 unspecified atom stereocenters. The summed E-state index contributed by atoms with van der Waals surface area (Å²) in [5, 5.41) is 13.9. The fraction of sp³-hybridized carbons (Fsp3) is 0.188. The lowest BCUT2D eigenvalue weighted by atomic mass is 10.3. The number of nitrogens with one attached hydrogen (secondary N) is 1. The molecule has 136 valence electrons. The third-order valence-corrected chi connectivity index (χ3v) is 6.06. The van der Waals surface area contributed by atoms with Gasteiger partial charge in [-0.1, -0.05) is 11.3 Å². The molecular formula is C16H12FN7OS2. The first kappa shape index (κ1) is 16.3. The molecule has 0 fully saturated rings. The molecule has 5 heterocycles. The maximum atomic E-state index is 13.1. The monoisotopic (exact) mass is 401 g/mol. The van der Waals surface area contributed by atoms with Gasteiger partial charge in [0.25, 0.3) is 10.8 Å². The highest BCUT2D eigenvalue weighted by molar-refractivity contribution is 7.19. The van der Waals surface area contributed by atoms with Crippen LogP contribution in [0.2, 0.25) is 0 Å². The third-order valence-electron chi connectivity index (χ3n) is 4.31. The van der Waals surface area contributed by atoms with Crippen LogP contribution in [0.3, 0.4) is 0 Å². The van der Waals surface area contributed by atoms with Crippen molar-refractivity contribution in [1.29, 1.82) is 0 Å². The third kappa shape index (κ3) is 2.66. The molecular weight excluding hydrogens is 389 g/mol. The van der Waals surface area contributed by atoms with Crippen LogP contribution in [0.1, 0.15) is 16.4 Å². The summed E-state index contributed by atoms with van der Waals surface area (Å²) in [5.74, 6) is 0. The summed E-state index contributed by atoms with van der Waals surface area (Å²) >= 11 is 2.44. The van der Waals surface area contributed by atoms with Gasteiger partial charge in [0, 0.05) is 36.1 Å². The molecule has 5 aromatic heterocycles. The summed E-state index contributed by atoms with van der Waals surface area (Å²) in [7, 11) is 1.82. The van der Waals surface area contributed by atoms with Crippen LogP contribution < -0.4 is 5.56 Å². The molecule has 0 radical (unpaired) electrons. The number of hydrogen-bond donors (Lipinski definition) is 1. The zero-order valence-electron chi connectivity index (χ0n) is 14.0. The molecule has 0 amide bonds. The Kier molecular flexibility index (Phi) is 3.65. The second-order valence-electron chi connectivity index (χ2n) is 6.04. The Bertz CT molecular complexity index is 1330. The number of H-pyrrole nitrogens is 1. The van der Waals surface area contributed by atoms with E-state index in [1.165, 1.54) is 16.0 Å². The molecule has 0 saturated carbocycles. The van der Waals surface area contributed by atoms with E-state index in [-0.39, 0.29) is 12.1 Å². The second-order valence-corrected chi connectivity index (χ2v) is 7.93.